The van der Waals surface area contributed by atoms with Crippen molar-refractivity contribution in [1.29, 1.82) is 0 Å². The third-order valence-electron chi connectivity index (χ3n) is 1.12. The standard InChI is InChI=1S/C6H18N4.2H2O/c7-1-3-9-5-6-10-4-2-8;;/h9-10H,1-8H2;2*1H2. The molecule has 0 aromatic heterocycles. The van der Waals surface area contributed by atoms with Gasteiger partial charge in [0.25, 0.3) is 0 Å². The van der Waals surface area contributed by atoms with Crippen LogP contribution in [-0.4, -0.2) is 50.2 Å². The molecule has 0 aromatic rings. The maximum atomic E-state index is 5.27. The smallest absolute Gasteiger partial charge is 0.00772 e. The highest BCUT2D eigenvalue weighted by Crippen LogP contribution is 1.57. The molecule has 78 valence electrons. The summed E-state index contributed by atoms with van der Waals surface area (Å²) < 4.78 is 0. The summed E-state index contributed by atoms with van der Waals surface area (Å²) in [7, 11) is 0. The lowest BCUT2D eigenvalue weighted by atomic mass is 10.5. The van der Waals surface area contributed by atoms with E-state index in [9.17, 15) is 0 Å². The number of rotatable bonds is 7. The lowest BCUT2D eigenvalue weighted by molar-refractivity contribution is 0.618. The molecule has 0 fully saturated rings. The van der Waals surface area contributed by atoms with E-state index in [1.807, 2.05) is 0 Å². The summed E-state index contributed by atoms with van der Waals surface area (Å²) in [6.45, 7) is 5.14. The Morgan fingerprint density at radius 2 is 1.00 bits per heavy atom. The maximum Gasteiger partial charge on any atom is 0.00772 e. The van der Waals surface area contributed by atoms with Gasteiger partial charge in [0.05, 0.1) is 0 Å². The minimum absolute atomic E-state index is 0. The molecule has 0 aromatic carbocycles. The molecular formula is C6H22N4O2. The quantitative estimate of drug-likeness (QED) is 0.302. The Bertz CT molecular complexity index is 57.5. The molecule has 10 N–H and O–H groups in total. The van der Waals surface area contributed by atoms with Crippen molar-refractivity contribution < 1.29 is 11.0 Å². The minimum Gasteiger partial charge on any atom is -0.412 e. The van der Waals surface area contributed by atoms with Crippen LogP contribution in [0.2, 0.25) is 0 Å². The van der Waals surface area contributed by atoms with Gasteiger partial charge in [-0.15, -0.1) is 0 Å². The van der Waals surface area contributed by atoms with E-state index in [0.29, 0.717) is 13.1 Å². The molecule has 12 heavy (non-hydrogen) atoms. The Morgan fingerprint density at radius 3 is 1.25 bits per heavy atom. The maximum absolute atomic E-state index is 5.27. The summed E-state index contributed by atoms with van der Waals surface area (Å²) in [6, 6.07) is 0. The van der Waals surface area contributed by atoms with Gasteiger partial charge in [-0.2, -0.15) is 0 Å². The van der Waals surface area contributed by atoms with E-state index in [1.165, 1.54) is 0 Å². The molecule has 0 spiro atoms. The molecule has 0 radical (unpaired) electrons. The van der Waals surface area contributed by atoms with E-state index in [0.717, 1.165) is 26.2 Å². The summed E-state index contributed by atoms with van der Waals surface area (Å²) in [4.78, 5) is 0. The highest BCUT2D eigenvalue weighted by atomic mass is 16.0. The van der Waals surface area contributed by atoms with E-state index < -0.39 is 0 Å². The third kappa shape index (κ3) is 16.4. The average Bonchev–Trinajstić information content (AvgIpc) is 1.97. The van der Waals surface area contributed by atoms with E-state index >= 15 is 0 Å². The van der Waals surface area contributed by atoms with E-state index in [-0.39, 0.29) is 11.0 Å². The lowest BCUT2D eigenvalue weighted by Gasteiger charge is -2.03. The zero-order valence-corrected chi connectivity index (χ0v) is 7.40. The molecule has 0 rings (SSSR count). The predicted octanol–water partition coefficient (Wildman–Crippen LogP) is -3.57. The van der Waals surface area contributed by atoms with Gasteiger partial charge >= 0.3 is 0 Å². The molecule has 0 amide bonds. The molecule has 0 unspecified atom stereocenters. The second-order valence-corrected chi connectivity index (χ2v) is 2.08. The third-order valence-corrected chi connectivity index (χ3v) is 1.12. The monoisotopic (exact) mass is 182 g/mol. The summed E-state index contributed by atoms with van der Waals surface area (Å²) in [5, 5.41) is 6.33. The number of nitrogens with one attached hydrogen (secondary N) is 2. The molecule has 6 nitrogen and oxygen atoms in total. The zero-order chi connectivity index (χ0) is 7.66. The molecule has 0 aliphatic heterocycles. The van der Waals surface area contributed by atoms with Crippen LogP contribution in [0.3, 0.4) is 0 Å². The first-order chi connectivity index (χ1) is 4.91. The van der Waals surface area contributed by atoms with Crippen LogP contribution in [0.1, 0.15) is 0 Å². The first kappa shape index (κ1) is 17.7. The van der Waals surface area contributed by atoms with Gasteiger partial charge in [0.15, 0.2) is 0 Å². The normalized spacial score (nSPS) is 8.50. The van der Waals surface area contributed by atoms with Crippen molar-refractivity contribution >= 4 is 0 Å². The van der Waals surface area contributed by atoms with Gasteiger partial charge in [-0.05, 0) is 0 Å². The van der Waals surface area contributed by atoms with Crippen molar-refractivity contribution in [3.63, 3.8) is 0 Å². The Hall–Kier alpha value is -0.240. The van der Waals surface area contributed by atoms with Crippen molar-refractivity contribution in [3.05, 3.63) is 0 Å². The van der Waals surface area contributed by atoms with Crippen LogP contribution < -0.4 is 22.1 Å². The molecule has 0 atom stereocenters. The number of nitrogens with two attached hydrogens (primary N) is 2. The van der Waals surface area contributed by atoms with Crippen LogP contribution in [0.25, 0.3) is 0 Å². The molecule has 6 heteroatoms. The Morgan fingerprint density at radius 1 is 0.667 bits per heavy atom. The fourth-order valence-electron chi connectivity index (χ4n) is 0.631. The molecule has 0 aliphatic rings. The van der Waals surface area contributed by atoms with Crippen LogP contribution in [0.5, 0.6) is 0 Å². The predicted molar refractivity (Wildman–Crippen MR) is 51.1 cm³/mol. The van der Waals surface area contributed by atoms with Crippen LogP contribution in [0.4, 0.5) is 0 Å². The Balaban J connectivity index is -0.000000405. The molecule has 0 saturated carbocycles. The molecule has 0 bridgehead atoms. The average molecular weight is 182 g/mol. The second-order valence-electron chi connectivity index (χ2n) is 2.08. The highest BCUT2D eigenvalue weighted by molar-refractivity contribution is 4.51. The van der Waals surface area contributed by atoms with Gasteiger partial charge in [-0.3, -0.25) is 0 Å². The first-order valence-electron chi connectivity index (χ1n) is 3.73. The van der Waals surface area contributed by atoms with Crippen LogP contribution in [0, 0.1) is 0 Å². The SMILES string of the molecule is NCCNCCNCCN.O.O. The highest BCUT2D eigenvalue weighted by Gasteiger charge is 1.83. The zero-order valence-electron chi connectivity index (χ0n) is 7.40. The van der Waals surface area contributed by atoms with Crippen molar-refractivity contribution in [2.45, 2.75) is 0 Å². The van der Waals surface area contributed by atoms with Crippen molar-refractivity contribution in [2.24, 2.45) is 11.5 Å². The Kier molecular flexibility index (Phi) is 25.2. The largest absolute Gasteiger partial charge is 0.412 e. The van der Waals surface area contributed by atoms with Gasteiger partial charge < -0.3 is 33.1 Å². The molecule has 0 saturated heterocycles. The number of hydrogen-bond donors (Lipinski definition) is 4. The van der Waals surface area contributed by atoms with Crippen LogP contribution >= 0.6 is 0 Å². The van der Waals surface area contributed by atoms with Gasteiger partial charge in [0.1, 0.15) is 0 Å². The summed E-state index contributed by atoms with van der Waals surface area (Å²) in [6.07, 6.45) is 0. The second kappa shape index (κ2) is 17.0. The van der Waals surface area contributed by atoms with E-state index in [1.54, 1.807) is 0 Å². The number of hydrogen-bond acceptors (Lipinski definition) is 4. The fraction of sp³-hybridized carbons (Fsp3) is 1.00. The van der Waals surface area contributed by atoms with Gasteiger partial charge in [0, 0.05) is 39.3 Å². The summed E-state index contributed by atoms with van der Waals surface area (Å²) >= 11 is 0. The fourth-order valence-corrected chi connectivity index (χ4v) is 0.631. The van der Waals surface area contributed by atoms with E-state index in [2.05, 4.69) is 10.6 Å². The van der Waals surface area contributed by atoms with Crippen LogP contribution in [-0.2, 0) is 0 Å². The molecule has 0 aliphatic carbocycles. The minimum atomic E-state index is 0. The Labute approximate surface area is 73.3 Å². The van der Waals surface area contributed by atoms with Crippen molar-refractivity contribution in [3.8, 4) is 0 Å². The molecule has 0 heterocycles. The lowest BCUT2D eigenvalue weighted by Crippen LogP contribution is -2.32. The van der Waals surface area contributed by atoms with Crippen molar-refractivity contribution in [1.82, 2.24) is 10.6 Å². The van der Waals surface area contributed by atoms with Gasteiger partial charge in [-0.1, -0.05) is 0 Å². The van der Waals surface area contributed by atoms with Crippen molar-refractivity contribution in [2.75, 3.05) is 39.3 Å². The van der Waals surface area contributed by atoms with Gasteiger partial charge in [0.2, 0.25) is 0 Å². The van der Waals surface area contributed by atoms with E-state index in [4.69, 9.17) is 11.5 Å². The summed E-state index contributed by atoms with van der Waals surface area (Å²) in [5.74, 6) is 0. The first-order valence-corrected chi connectivity index (χ1v) is 3.73. The van der Waals surface area contributed by atoms with Crippen LogP contribution in [0.15, 0.2) is 0 Å². The van der Waals surface area contributed by atoms with Gasteiger partial charge in [-0.25, -0.2) is 0 Å². The summed E-state index contributed by atoms with van der Waals surface area (Å²) in [5.41, 5.74) is 10.5. The topological polar surface area (TPSA) is 139 Å². The molecular weight excluding hydrogens is 160 g/mol.